The van der Waals surface area contributed by atoms with E-state index in [0.29, 0.717) is 12.3 Å². The summed E-state index contributed by atoms with van der Waals surface area (Å²) in [4.78, 5) is 11.9. The number of rotatable bonds is 11. The molecule has 0 atom stereocenters. The molecule has 26 heavy (non-hydrogen) atoms. The van der Waals surface area contributed by atoms with Crippen LogP contribution in [0.15, 0.2) is 48.5 Å². The van der Waals surface area contributed by atoms with Crippen LogP contribution in [0.3, 0.4) is 0 Å². The zero-order valence-corrected chi connectivity index (χ0v) is 16.7. The van der Waals surface area contributed by atoms with Gasteiger partial charge in [0, 0.05) is 17.3 Å². The third-order valence-electron chi connectivity index (χ3n) is 3.83. The Morgan fingerprint density at radius 3 is 2.62 bits per heavy atom. The number of halogens is 1. The highest BCUT2D eigenvalue weighted by atomic mass is 35.5. The van der Waals surface area contributed by atoms with E-state index in [2.05, 4.69) is 18.3 Å². The van der Waals surface area contributed by atoms with E-state index >= 15 is 0 Å². The minimum atomic E-state index is 0.0672. The average molecular weight is 392 g/mol. The Kier molecular flexibility index (Phi) is 9.43. The van der Waals surface area contributed by atoms with Crippen molar-refractivity contribution in [2.75, 3.05) is 18.9 Å². The molecule has 0 aliphatic carbocycles. The summed E-state index contributed by atoms with van der Waals surface area (Å²) in [6, 6.07) is 15.9. The summed E-state index contributed by atoms with van der Waals surface area (Å²) >= 11 is 7.70. The Morgan fingerprint density at radius 2 is 1.85 bits per heavy atom. The maximum absolute atomic E-state index is 11.9. The number of carbonyl (C=O) groups excluding carboxylic acids is 1. The van der Waals surface area contributed by atoms with Crippen molar-refractivity contribution in [2.24, 2.45) is 0 Å². The number of carbonyl (C=O) groups is 1. The lowest BCUT2D eigenvalue weighted by molar-refractivity contribution is -0.118. The molecule has 1 N–H and O–H groups in total. The summed E-state index contributed by atoms with van der Waals surface area (Å²) in [5.74, 6) is 2.21. The summed E-state index contributed by atoms with van der Waals surface area (Å²) in [5.41, 5.74) is 2.26. The molecule has 0 aliphatic heterocycles. The molecule has 0 bridgehead atoms. The highest BCUT2D eigenvalue weighted by Gasteiger charge is 2.05. The van der Waals surface area contributed by atoms with Crippen LogP contribution < -0.4 is 10.1 Å². The van der Waals surface area contributed by atoms with Crippen molar-refractivity contribution in [3.05, 3.63) is 64.7 Å². The number of para-hydroxylation sites is 1. The Labute approximate surface area is 165 Å². The molecule has 2 aromatic carbocycles. The first-order valence-electron chi connectivity index (χ1n) is 8.99. The van der Waals surface area contributed by atoms with Gasteiger partial charge in [0.05, 0.1) is 12.4 Å². The maximum Gasteiger partial charge on any atom is 0.230 e. The van der Waals surface area contributed by atoms with Crippen LogP contribution >= 0.6 is 23.4 Å². The normalized spacial score (nSPS) is 10.5. The first kappa shape index (κ1) is 20.7. The van der Waals surface area contributed by atoms with E-state index in [4.69, 9.17) is 16.3 Å². The van der Waals surface area contributed by atoms with Crippen molar-refractivity contribution < 1.29 is 9.53 Å². The van der Waals surface area contributed by atoms with Gasteiger partial charge in [-0.2, -0.15) is 0 Å². The Morgan fingerprint density at radius 1 is 1.12 bits per heavy atom. The van der Waals surface area contributed by atoms with E-state index in [-0.39, 0.29) is 5.91 Å². The molecule has 0 aromatic heterocycles. The van der Waals surface area contributed by atoms with Gasteiger partial charge in [-0.15, -0.1) is 11.8 Å². The summed E-state index contributed by atoms with van der Waals surface area (Å²) in [7, 11) is 0. The molecular formula is C21H26ClNO2S. The molecule has 0 heterocycles. The van der Waals surface area contributed by atoms with Gasteiger partial charge >= 0.3 is 0 Å². The molecule has 0 saturated carbocycles. The Hall–Kier alpha value is -1.65. The van der Waals surface area contributed by atoms with Crippen LogP contribution in [0, 0.1) is 0 Å². The summed E-state index contributed by atoms with van der Waals surface area (Å²) in [6.45, 7) is 3.51. The number of benzene rings is 2. The van der Waals surface area contributed by atoms with Crippen LogP contribution in [0.4, 0.5) is 0 Å². The first-order valence-corrected chi connectivity index (χ1v) is 10.5. The number of ether oxygens (including phenoxy) is 1. The molecule has 0 fully saturated rings. The van der Waals surface area contributed by atoms with E-state index in [1.165, 1.54) is 5.56 Å². The summed E-state index contributed by atoms with van der Waals surface area (Å²) < 4.78 is 5.77. The van der Waals surface area contributed by atoms with Gasteiger partial charge < -0.3 is 10.1 Å². The highest BCUT2D eigenvalue weighted by Crippen LogP contribution is 2.21. The van der Waals surface area contributed by atoms with Crippen molar-refractivity contribution in [2.45, 2.75) is 31.9 Å². The fraction of sp³-hybridized carbons (Fsp3) is 0.381. The lowest BCUT2D eigenvalue weighted by Gasteiger charge is -2.11. The van der Waals surface area contributed by atoms with Crippen LogP contribution in [-0.2, 0) is 17.0 Å². The lowest BCUT2D eigenvalue weighted by atomic mass is 10.1. The molecule has 0 spiro atoms. The smallest absolute Gasteiger partial charge is 0.230 e. The number of aryl methyl sites for hydroxylation is 1. The quantitative estimate of drug-likeness (QED) is 0.541. The predicted molar refractivity (Wildman–Crippen MR) is 111 cm³/mol. The van der Waals surface area contributed by atoms with Crippen molar-refractivity contribution in [1.29, 1.82) is 0 Å². The van der Waals surface area contributed by atoms with Crippen molar-refractivity contribution in [3.8, 4) is 5.75 Å². The molecule has 0 radical (unpaired) electrons. The molecule has 2 rings (SSSR count). The number of thioether (sulfide) groups is 1. The fourth-order valence-corrected chi connectivity index (χ4v) is 3.63. The van der Waals surface area contributed by atoms with E-state index < -0.39 is 0 Å². The second-order valence-electron chi connectivity index (χ2n) is 5.99. The van der Waals surface area contributed by atoms with Gasteiger partial charge in [0.2, 0.25) is 5.91 Å². The van der Waals surface area contributed by atoms with E-state index in [1.54, 1.807) is 11.8 Å². The topological polar surface area (TPSA) is 38.3 Å². The van der Waals surface area contributed by atoms with Crippen LogP contribution in [-0.4, -0.2) is 24.8 Å². The largest absolute Gasteiger partial charge is 0.493 e. The van der Waals surface area contributed by atoms with Crippen LogP contribution in [0.1, 0.15) is 30.9 Å². The highest BCUT2D eigenvalue weighted by molar-refractivity contribution is 7.99. The molecule has 2 aromatic rings. The average Bonchev–Trinajstić information content (AvgIpc) is 2.66. The molecule has 1 amide bonds. The number of nitrogens with one attached hydrogen (secondary N) is 1. The van der Waals surface area contributed by atoms with Crippen LogP contribution in [0.5, 0.6) is 5.75 Å². The molecular weight excluding hydrogens is 366 g/mol. The molecule has 0 aliphatic rings. The molecule has 5 heteroatoms. The van der Waals surface area contributed by atoms with E-state index in [0.717, 1.165) is 48.0 Å². The zero-order valence-electron chi connectivity index (χ0n) is 15.2. The lowest BCUT2D eigenvalue weighted by Crippen LogP contribution is -2.26. The summed E-state index contributed by atoms with van der Waals surface area (Å²) in [6.07, 6.45) is 2.79. The molecule has 140 valence electrons. The minimum Gasteiger partial charge on any atom is -0.493 e. The number of hydrogen-bond acceptors (Lipinski definition) is 3. The van der Waals surface area contributed by atoms with Gasteiger partial charge in [-0.3, -0.25) is 4.79 Å². The standard InChI is InChI=1S/C21H26ClNO2S/c1-2-14-25-20-12-6-4-8-17(20)10-7-13-23-21(24)16-26-15-18-9-3-5-11-19(18)22/h3-6,8-9,11-12H,2,7,10,13-16H2,1H3,(H,23,24). The second kappa shape index (κ2) is 11.9. The minimum absolute atomic E-state index is 0.0672. The van der Waals surface area contributed by atoms with E-state index in [9.17, 15) is 4.79 Å². The van der Waals surface area contributed by atoms with Crippen LogP contribution in [0.2, 0.25) is 5.02 Å². The maximum atomic E-state index is 11.9. The fourth-order valence-electron chi connectivity index (χ4n) is 2.49. The van der Waals surface area contributed by atoms with Crippen molar-refractivity contribution in [3.63, 3.8) is 0 Å². The first-order chi connectivity index (χ1) is 12.7. The van der Waals surface area contributed by atoms with Crippen LogP contribution in [0.25, 0.3) is 0 Å². The predicted octanol–water partition coefficient (Wildman–Crippen LogP) is 5.11. The SMILES string of the molecule is CCCOc1ccccc1CCCNC(=O)CSCc1ccccc1Cl. The van der Waals surface area contributed by atoms with Gasteiger partial charge in [0.1, 0.15) is 5.75 Å². The van der Waals surface area contributed by atoms with Crippen molar-refractivity contribution in [1.82, 2.24) is 5.32 Å². The van der Waals surface area contributed by atoms with Gasteiger partial charge in [-0.1, -0.05) is 54.9 Å². The Bertz CT molecular complexity index is 693. The third-order valence-corrected chi connectivity index (χ3v) is 5.18. The van der Waals surface area contributed by atoms with Gasteiger partial charge in [-0.05, 0) is 42.5 Å². The third kappa shape index (κ3) is 7.30. The van der Waals surface area contributed by atoms with Gasteiger partial charge in [-0.25, -0.2) is 0 Å². The number of hydrogen-bond donors (Lipinski definition) is 1. The number of amides is 1. The summed E-state index contributed by atoms with van der Waals surface area (Å²) in [5, 5.41) is 3.74. The molecule has 0 unspecified atom stereocenters. The Balaban J connectivity index is 1.64. The zero-order chi connectivity index (χ0) is 18.6. The molecule has 3 nitrogen and oxygen atoms in total. The van der Waals surface area contributed by atoms with Gasteiger partial charge in [0.25, 0.3) is 0 Å². The van der Waals surface area contributed by atoms with Gasteiger partial charge in [0.15, 0.2) is 0 Å². The molecule has 0 saturated heterocycles. The second-order valence-corrected chi connectivity index (χ2v) is 7.39. The monoisotopic (exact) mass is 391 g/mol. The van der Waals surface area contributed by atoms with Crippen molar-refractivity contribution >= 4 is 29.3 Å². The van der Waals surface area contributed by atoms with E-state index in [1.807, 2.05) is 42.5 Å².